The van der Waals surface area contributed by atoms with E-state index in [2.05, 4.69) is 19.1 Å². The molecule has 16 heavy (non-hydrogen) atoms. The number of carbonyl (C=O) groups is 1. The van der Waals surface area contributed by atoms with Crippen LogP contribution in [-0.4, -0.2) is 16.5 Å². The minimum absolute atomic E-state index is 0.112. The van der Waals surface area contributed by atoms with Crippen molar-refractivity contribution in [2.24, 2.45) is 0 Å². The van der Waals surface area contributed by atoms with Crippen LogP contribution in [0.1, 0.15) is 35.6 Å². The van der Waals surface area contributed by atoms with E-state index in [0.29, 0.717) is 12.8 Å². The molecule has 0 fully saturated rings. The van der Waals surface area contributed by atoms with Crippen molar-refractivity contribution < 1.29 is 9.90 Å². The van der Waals surface area contributed by atoms with Crippen LogP contribution < -0.4 is 0 Å². The first kappa shape index (κ1) is 11.3. The zero-order chi connectivity index (χ0) is 11.9. The lowest BCUT2D eigenvalue weighted by molar-refractivity contribution is -0.136. The maximum atomic E-state index is 11.5. The zero-order valence-corrected chi connectivity index (χ0v) is 10.1. The predicted molar refractivity (Wildman–Crippen MR) is 63.6 cm³/mol. The lowest BCUT2D eigenvalue weighted by Gasteiger charge is -2.33. The average molecular weight is 218 g/mol. The molecular weight excluding hydrogens is 200 g/mol. The Morgan fingerprint density at radius 3 is 2.38 bits per heavy atom. The molecule has 0 radical (unpaired) electrons. The second-order valence-electron chi connectivity index (χ2n) is 4.92. The van der Waals surface area contributed by atoms with Crippen LogP contribution in [0.3, 0.4) is 0 Å². The van der Waals surface area contributed by atoms with Gasteiger partial charge in [0, 0.05) is 6.42 Å². The summed E-state index contributed by atoms with van der Waals surface area (Å²) in [6, 6.07) is 4.19. The third-order valence-corrected chi connectivity index (χ3v) is 3.81. The molecule has 0 unspecified atom stereocenters. The van der Waals surface area contributed by atoms with Gasteiger partial charge in [-0.15, -0.1) is 0 Å². The van der Waals surface area contributed by atoms with Gasteiger partial charge in [0.2, 0.25) is 0 Å². The Balaban J connectivity index is 2.48. The molecule has 1 aromatic rings. The summed E-state index contributed by atoms with van der Waals surface area (Å²) in [6.45, 7) is 5.62. The normalized spacial score (nSPS) is 24.0. The molecule has 2 nitrogen and oxygen atoms in total. The second kappa shape index (κ2) is 3.70. The number of fused-ring (bicyclic) bond motifs is 1. The van der Waals surface area contributed by atoms with Gasteiger partial charge in [-0.2, -0.15) is 0 Å². The quantitative estimate of drug-likeness (QED) is 0.784. The summed E-state index contributed by atoms with van der Waals surface area (Å²) in [4.78, 5) is 11.5. The van der Waals surface area contributed by atoms with Crippen LogP contribution in [0, 0.1) is 13.8 Å². The highest BCUT2D eigenvalue weighted by atomic mass is 16.3. The van der Waals surface area contributed by atoms with Crippen LogP contribution in [0.4, 0.5) is 0 Å². The lowest BCUT2D eigenvalue weighted by Crippen LogP contribution is -2.42. The number of rotatable bonds is 1. The van der Waals surface area contributed by atoms with Crippen molar-refractivity contribution in [3.05, 3.63) is 34.4 Å². The molecule has 2 rings (SSSR count). The van der Waals surface area contributed by atoms with Crippen molar-refractivity contribution in [3.8, 4) is 0 Å². The van der Waals surface area contributed by atoms with E-state index in [9.17, 15) is 9.90 Å². The summed E-state index contributed by atoms with van der Waals surface area (Å²) >= 11 is 0. The summed E-state index contributed by atoms with van der Waals surface area (Å²) in [7, 11) is 0. The molecule has 0 amide bonds. The predicted octanol–water partition coefficient (Wildman–Crippen LogP) is 2.11. The Morgan fingerprint density at radius 1 is 1.25 bits per heavy atom. The summed E-state index contributed by atoms with van der Waals surface area (Å²) in [5.41, 5.74) is 3.81. The molecule has 86 valence electrons. The van der Waals surface area contributed by atoms with Crippen LogP contribution in [0.2, 0.25) is 0 Å². The van der Waals surface area contributed by atoms with Crippen LogP contribution in [0.25, 0.3) is 0 Å². The van der Waals surface area contributed by atoms with Gasteiger partial charge in [-0.1, -0.05) is 12.1 Å². The number of aryl methyl sites for hydroxylation is 2. The molecule has 1 atom stereocenters. The van der Waals surface area contributed by atoms with Gasteiger partial charge in [0.05, 0.1) is 0 Å². The molecule has 2 heteroatoms. The molecule has 1 aliphatic rings. The lowest BCUT2D eigenvalue weighted by atomic mass is 9.75. The Kier molecular flexibility index (Phi) is 2.62. The van der Waals surface area contributed by atoms with E-state index < -0.39 is 5.60 Å². The minimum Gasteiger partial charge on any atom is -0.382 e. The van der Waals surface area contributed by atoms with E-state index in [0.717, 1.165) is 6.42 Å². The minimum atomic E-state index is -1.13. The Bertz CT molecular complexity index is 448. The van der Waals surface area contributed by atoms with E-state index in [-0.39, 0.29) is 5.78 Å². The number of Topliss-reactive ketones (excluding diaryl/α,β-unsaturated/α-hetero) is 1. The van der Waals surface area contributed by atoms with Crippen molar-refractivity contribution in [2.75, 3.05) is 0 Å². The fourth-order valence-corrected chi connectivity index (χ4v) is 2.53. The molecular formula is C14H18O2. The molecule has 0 spiro atoms. The Labute approximate surface area is 96.3 Å². The Morgan fingerprint density at radius 2 is 1.81 bits per heavy atom. The molecule has 0 aliphatic heterocycles. The van der Waals surface area contributed by atoms with Gasteiger partial charge in [0.1, 0.15) is 5.60 Å². The van der Waals surface area contributed by atoms with Gasteiger partial charge in [0.15, 0.2) is 5.78 Å². The van der Waals surface area contributed by atoms with E-state index in [4.69, 9.17) is 0 Å². The molecule has 0 saturated heterocycles. The fourth-order valence-electron chi connectivity index (χ4n) is 2.53. The molecule has 0 heterocycles. The highest BCUT2D eigenvalue weighted by Gasteiger charge is 2.37. The first-order valence-electron chi connectivity index (χ1n) is 5.75. The second-order valence-corrected chi connectivity index (χ2v) is 4.92. The summed E-state index contributed by atoms with van der Waals surface area (Å²) in [5.74, 6) is -0.112. The number of benzene rings is 1. The third-order valence-electron chi connectivity index (χ3n) is 3.81. The number of carbonyl (C=O) groups excluding carboxylic acids is 1. The smallest absolute Gasteiger partial charge is 0.161 e. The monoisotopic (exact) mass is 218 g/mol. The van der Waals surface area contributed by atoms with Crippen molar-refractivity contribution >= 4 is 5.78 Å². The molecule has 1 aromatic carbocycles. The van der Waals surface area contributed by atoms with Gasteiger partial charge in [-0.05, 0) is 55.9 Å². The number of aliphatic hydroxyl groups is 1. The Hall–Kier alpha value is -1.15. The molecule has 0 bridgehead atoms. The van der Waals surface area contributed by atoms with Crippen LogP contribution in [-0.2, 0) is 17.6 Å². The number of hydrogen-bond acceptors (Lipinski definition) is 2. The maximum absolute atomic E-state index is 11.5. The van der Waals surface area contributed by atoms with E-state index in [1.807, 2.05) is 6.92 Å². The van der Waals surface area contributed by atoms with Crippen molar-refractivity contribution in [2.45, 2.75) is 45.6 Å². The van der Waals surface area contributed by atoms with Crippen LogP contribution in [0.15, 0.2) is 12.1 Å². The first-order valence-corrected chi connectivity index (χ1v) is 5.75. The number of ketones is 1. The maximum Gasteiger partial charge on any atom is 0.161 e. The summed E-state index contributed by atoms with van der Waals surface area (Å²) < 4.78 is 0. The molecule has 0 aromatic heterocycles. The molecule has 0 saturated carbocycles. The summed E-state index contributed by atoms with van der Waals surface area (Å²) in [5, 5.41) is 10.3. The van der Waals surface area contributed by atoms with E-state index in [1.54, 1.807) is 0 Å². The third kappa shape index (κ3) is 1.67. The molecule has 1 aliphatic carbocycles. The SMILES string of the molecule is CC(=O)[C@@]1(O)CCc2c(C)ccc(C)c2C1. The van der Waals surface area contributed by atoms with E-state index in [1.165, 1.54) is 29.2 Å². The highest BCUT2D eigenvalue weighted by Crippen LogP contribution is 2.33. The van der Waals surface area contributed by atoms with Gasteiger partial charge in [-0.3, -0.25) is 4.79 Å². The van der Waals surface area contributed by atoms with Crippen molar-refractivity contribution in [1.29, 1.82) is 0 Å². The average Bonchev–Trinajstić information content (AvgIpc) is 2.23. The fraction of sp³-hybridized carbons (Fsp3) is 0.500. The van der Waals surface area contributed by atoms with Crippen molar-refractivity contribution in [3.63, 3.8) is 0 Å². The van der Waals surface area contributed by atoms with Crippen molar-refractivity contribution in [1.82, 2.24) is 0 Å². The zero-order valence-electron chi connectivity index (χ0n) is 10.1. The first-order chi connectivity index (χ1) is 7.44. The highest BCUT2D eigenvalue weighted by molar-refractivity contribution is 5.85. The largest absolute Gasteiger partial charge is 0.382 e. The number of hydrogen-bond donors (Lipinski definition) is 1. The van der Waals surface area contributed by atoms with Gasteiger partial charge in [-0.25, -0.2) is 0 Å². The van der Waals surface area contributed by atoms with E-state index >= 15 is 0 Å². The van der Waals surface area contributed by atoms with Gasteiger partial charge >= 0.3 is 0 Å². The van der Waals surface area contributed by atoms with Gasteiger partial charge < -0.3 is 5.11 Å². The molecule has 1 N–H and O–H groups in total. The standard InChI is InChI=1S/C14H18O2/c1-9-4-5-10(2)13-8-14(16,11(3)15)7-6-12(9)13/h4-5,16H,6-8H2,1-3H3/t14-/m1/s1. The van der Waals surface area contributed by atoms with Gasteiger partial charge in [0.25, 0.3) is 0 Å². The summed E-state index contributed by atoms with van der Waals surface area (Å²) in [6.07, 6.45) is 1.84. The van der Waals surface area contributed by atoms with Crippen LogP contribution >= 0.6 is 0 Å². The topological polar surface area (TPSA) is 37.3 Å². The van der Waals surface area contributed by atoms with Crippen LogP contribution in [0.5, 0.6) is 0 Å².